The lowest BCUT2D eigenvalue weighted by atomic mass is 10.1. The second kappa shape index (κ2) is 9.02. The third-order valence-electron chi connectivity index (χ3n) is 4.21. The second-order valence-electron chi connectivity index (χ2n) is 6.34. The fourth-order valence-electron chi connectivity index (χ4n) is 2.63. The molecule has 0 saturated carbocycles. The van der Waals surface area contributed by atoms with E-state index in [1.54, 1.807) is 37.3 Å². The first kappa shape index (κ1) is 21.4. The molecule has 0 aliphatic heterocycles. The topological polar surface area (TPSA) is 85.8 Å². The zero-order valence-electron chi connectivity index (χ0n) is 15.6. The Morgan fingerprint density at radius 1 is 1.17 bits per heavy atom. The van der Waals surface area contributed by atoms with Crippen LogP contribution in [0.2, 0.25) is 10.0 Å². The minimum absolute atomic E-state index is 0.208. The highest BCUT2D eigenvalue weighted by molar-refractivity contribution is 8.00. The summed E-state index contributed by atoms with van der Waals surface area (Å²) in [6.45, 7) is 3.57. The van der Waals surface area contributed by atoms with Gasteiger partial charge in [0.2, 0.25) is 11.1 Å². The minimum Gasteiger partial charge on any atom is -0.349 e. The van der Waals surface area contributed by atoms with E-state index in [9.17, 15) is 9.18 Å². The van der Waals surface area contributed by atoms with Crippen LogP contribution in [0.3, 0.4) is 0 Å². The van der Waals surface area contributed by atoms with Crippen molar-refractivity contribution in [1.29, 1.82) is 0 Å². The Bertz CT molecular complexity index is 1030. The first-order valence-electron chi connectivity index (χ1n) is 8.64. The largest absolute Gasteiger partial charge is 0.349 e. The number of nitrogens with two attached hydrogens (primary N) is 1. The Hall–Kier alpha value is -2.29. The highest BCUT2D eigenvalue weighted by atomic mass is 35.5. The van der Waals surface area contributed by atoms with E-state index in [-0.39, 0.29) is 17.8 Å². The van der Waals surface area contributed by atoms with Gasteiger partial charge in [-0.1, -0.05) is 41.0 Å². The molecule has 3 rings (SSSR count). The highest BCUT2D eigenvalue weighted by Gasteiger charge is 2.22. The number of aromatic nitrogens is 3. The summed E-state index contributed by atoms with van der Waals surface area (Å²) in [5, 5.41) is 11.9. The van der Waals surface area contributed by atoms with Gasteiger partial charge < -0.3 is 11.2 Å². The molecule has 2 unspecified atom stereocenters. The molecule has 1 amide bonds. The number of carbonyl (C=O) groups is 1. The molecule has 2 atom stereocenters. The van der Waals surface area contributed by atoms with E-state index in [1.807, 2.05) is 6.92 Å². The van der Waals surface area contributed by atoms with Crippen LogP contribution in [0, 0.1) is 5.82 Å². The summed E-state index contributed by atoms with van der Waals surface area (Å²) in [6.07, 6.45) is 0. The van der Waals surface area contributed by atoms with Crippen LogP contribution in [-0.2, 0) is 4.79 Å². The number of benzene rings is 2. The molecule has 152 valence electrons. The molecule has 0 bridgehead atoms. The lowest BCUT2D eigenvalue weighted by molar-refractivity contribution is -0.120. The number of nitrogens with one attached hydrogen (secondary N) is 1. The van der Waals surface area contributed by atoms with Crippen molar-refractivity contribution in [1.82, 2.24) is 20.2 Å². The van der Waals surface area contributed by atoms with E-state index in [0.29, 0.717) is 26.6 Å². The molecule has 3 N–H and O–H groups in total. The predicted octanol–water partition coefficient (Wildman–Crippen LogP) is 4.46. The van der Waals surface area contributed by atoms with Gasteiger partial charge in [-0.05, 0) is 55.8 Å². The lowest BCUT2D eigenvalue weighted by Gasteiger charge is -2.18. The average molecular weight is 454 g/mol. The monoisotopic (exact) mass is 453 g/mol. The first-order chi connectivity index (χ1) is 13.8. The van der Waals surface area contributed by atoms with Gasteiger partial charge in [-0.2, -0.15) is 0 Å². The van der Waals surface area contributed by atoms with Crippen molar-refractivity contribution in [3.05, 3.63) is 63.9 Å². The Kier molecular flexibility index (Phi) is 6.66. The van der Waals surface area contributed by atoms with Crippen molar-refractivity contribution in [2.45, 2.75) is 30.3 Å². The van der Waals surface area contributed by atoms with E-state index in [4.69, 9.17) is 29.0 Å². The maximum absolute atomic E-state index is 13.1. The van der Waals surface area contributed by atoms with Gasteiger partial charge in [0.15, 0.2) is 5.82 Å². The van der Waals surface area contributed by atoms with Gasteiger partial charge in [0.05, 0.1) is 11.3 Å². The number of nitrogen functional groups attached to an aromatic ring is 1. The zero-order chi connectivity index (χ0) is 21.1. The summed E-state index contributed by atoms with van der Waals surface area (Å²) in [7, 11) is 0. The Balaban J connectivity index is 1.67. The molecule has 0 aliphatic carbocycles. The van der Waals surface area contributed by atoms with E-state index < -0.39 is 5.25 Å². The fourth-order valence-corrected chi connectivity index (χ4v) is 3.98. The van der Waals surface area contributed by atoms with Crippen LogP contribution in [0.4, 0.5) is 4.39 Å². The summed E-state index contributed by atoms with van der Waals surface area (Å²) < 4.78 is 14.4. The molecule has 1 aromatic heterocycles. The number of thioether (sulfide) groups is 1. The summed E-state index contributed by atoms with van der Waals surface area (Å²) in [4.78, 5) is 12.6. The van der Waals surface area contributed by atoms with Crippen molar-refractivity contribution in [3.8, 4) is 11.4 Å². The number of hydrogen-bond donors (Lipinski definition) is 2. The summed E-state index contributed by atoms with van der Waals surface area (Å²) >= 11 is 13.3. The first-order valence-corrected chi connectivity index (χ1v) is 10.3. The molecule has 2 aromatic carbocycles. The van der Waals surface area contributed by atoms with Gasteiger partial charge in [-0.15, -0.1) is 10.2 Å². The molecule has 10 heteroatoms. The van der Waals surface area contributed by atoms with Crippen molar-refractivity contribution in [2.24, 2.45) is 0 Å². The SMILES string of the molecule is CC(Sc1nnc(-c2ccc(F)cc2)n1N)C(=O)NC(C)c1ccc(Cl)cc1Cl. The quantitative estimate of drug-likeness (QED) is 0.424. The van der Waals surface area contributed by atoms with Crippen molar-refractivity contribution >= 4 is 40.9 Å². The Morgan fingerprint density at radius 3 is 2.52 bits per heavy atom. The number of nitrogens with zero attached hydrogens (tertiary/aromatic N) is 3. The van der Waals surface area contributed by atoms with Gasteiger partial charge in [-0.25, -0.2) is 9.07 Å². The molecule has 6 nitrogen and oxygen atoms in total. The molecule has 0 radical (unpaired) electrons. The number of amides is 1. The van der Waals surface area contributed by atoms with Crippen LogP contribution >= 0.6 is 35.0 Å². The molecule has 1 heterocycles. The highest BCUT2D eigenvalue weighted by Crippen LogP contribution is 2.28. The maximum Gasteiger partial charge on any atom is 0.233 e. The van der Waals surface area contributed by atoms with Gasteiger partial charge in [-0.3, -0.25) is 4.79 Å². The second-order valence-corrected chi connectivity index (χ2v) is 8.49. The number of hydrogen-bond acceptors (Lipinski definition) is 5. The predicted molar refractivity (Wildman–Crippen MR) is 114 cm³/mol. The van der Waals surface area contributed by atoms with Crippen LogP contribution in [-0.4, -0.2) is 26.0 Å². The number of halogens is 3. The van der Waals surface area contributed by atoms with Crippen molar-refractivity contribution in [2.75, 3.05) is 5.84 Å². The molecule has 3 aromatic rings. The Labute approximate surface area is 181 Å². The number of rotatable bonds is 6. The summed E-state index contributed by atoms with van der Waals surface area (Å²) in [6, 6.07) is 10.6. The molecular weight excluding hydrogens is 436 g/mol. The molecule has 0 fully saturated rings. The normalized spacial score (nSPS) is 13.1. The number of carbonyl (C=O) groups excluding carboxylic acids is 1. The third-order valence-corrected chi connectivity index (χ3v) is 5.83. The summed E-state index contributed by atoms with van der Waals surface area (Å²) in [5.41, 5.74) is 1.39. The lowest BCUT2D eigenvalue weighted by Crippen LogP contribution is -2.33. The molecule has 0 spiro atoms. The fraction of sp³-hybridized carbons (Fsp3) is 0.211. The average Bonchev–Trinajstić information content (AvgIpc) is 3.02. The van der Waals surface area contributed by atoms with Crippen LogP contribution in [0.15, 0.2) is 47.6 Å². The third kappa shape index (κ3) is 5.01. The van der Waals surface area contributed by atoms with Gasteiger partial charge in [0.1, 0.15) is 5.82 Å². The van der Waals surface area contributed by atoms with Crippen molar-refractivity contribution < 1.29 is 9.18 Å². The zero-order valence-corrected chi connectivity index (χ0v) is 17.9. The van der Waals surface area contributed by atoms with Gasteiger partial charge >= 0.3 is 0 Å². The minimum atomic E-state index is -0.490. The van der Waals surface area contributed by atoms with Crippen LogP contribution in [0.25, 0.3) is 11.4 Å². The van der Waals surface area contributed by atoms with E-state index >= 15 is 0 Å². The van der Waals surface area contributed by atoms with Gasteiger partial charge in [0.25, 0.3) is 0 Å². The van der Waals surface area contributed by atoms with Crippen molar-refractivity contribution in [3.63, 3.8) is 0 Å². The summed E-state index contributed by atoms with van der Waals surface area (Å²) in [5.74, 6) is 5.88. The van der Waals surface area contributed by atoms with Crippen LogP contribution in [0.1, 0.15) is 25.5 Å². The van der Waals surface area contributed by atoms with E-state index in [0.717, 1.165) is 17.3 Å². The maximum atomic E-state index is 13.1. The van der Waals surface area contributed by atoms with Crippen LogP contribution < -0.4 is 11.2 Å². The van der Waals surface area contributed by atoms with E-state index in [1.165, 1.54) is 16.8 Å². The molecule has 29 heavy (non-hydrogen) atoms. The smallest absolute Gasteiger partial charge is 0.233 e. The van der Waals surface area contributed by atoms with E-state index in [2.05, 4.69) is 15.5 Å². The Morgan fingerprint density at radius 2 is 1.86 bits per heavy atom. The van der Waals surface area contributed by atoms with Crippen LogP contribution in [0.5, 0.6) is 0 Å². The molecular formula is C19H18Cl2FN5OS. The molecule has 0 saturated heterocycles. The molecule has 0 aliphatic rings. The van der Waals surface area contributed by atoms with Gasteiger partial charge in [0, 0.05) is 15.6 Å². The standard InChI is InChI=1S/C19H18Cl2FN5OS/c1-10(15-8-5-13(20)9-16(15)21)24-18(28)11(2)29-19-26-25-17(27(19)23)12-3-6-14(22)7-4-12/h3-11H,23H2,1-2H3,(H,24,28).